The quantitative estimate of drug-likeness (QED) is 0.765. The van der Waals surface area contributed by atoms with Gasteiger partial charge in [0.15, 0.2) is 0 Å². The number of halogens is 3. The third-order valence-corrected chi connectivity index (χ3v) is 3.69. The van der Waals surface area contributed by atoms with Gasteiger partial charge in [-0.05, 0) is 24.6 Å². The van der Waals surface area contributed by atoms with Crippen molar-refractivity contribution in [1.29, 1.82) is 0 Å². The van der Waals surface area contributed by atoms with E-state index in [-0.39, 0.29) is 5.88 Å². The molecule has 1 aromatic heterocycles. The maximum atomic E-state index is 12.9. The molecule has 3 rings (SSSR count). The van der Waals surface area contributed by atoms with Gasteiger partial charge in [-0.15, -0.1) is 0 Å². The zero-order chi connectivity index (χ0) is 18.0. The molecule has 1 unspecified atom stereocenters. The van der Waals surface area contributed by atoms with E-state index in [0.717, 1.165) is 5.56 Å². The summed E-state index contributed by atoms with van der Waals surface area (Å²) in [6.07, 6.45) is -7.02. The molecule has 2 aromatic carbocycles. The van der Waals surface area contributed by atoms with Crippen molar-refractivity contribution in [2.75, 3.05) is 0 Å². The summed E-state index contributed by atoms with van der Waals surface area (Å²) in [5.41, 5.74) is 1.50. The Morgan fingerprint density at radius 3 is 2.48 bits per heavy atom. The van der Waals surface area contributed by atoms with Crippen molar-refractivity contribution in [3.05, 3.63) is 70.0 Å². The Bertz CT molecular complexity index is 933. The molecule has 3 aromatic rings. The van der Waals surface area contributed by atoms with Crippen LogP contribution in [0.25, 0.3) is 11.0 Å². The van der Waals surface area contributed by atoms with E-state index >= 15 is 0 Å². The lowest BCUT2D eigenvalue weighted by Gasteiger charge is -2.20. The topological polar surface area (TPSA) is 55.0 Å². The molecule has 4 nitrogen and oxygen atoms in total. The molecule has 0 radical (unpaired) electrons. The molecule has 0 saturated carbocycles. The number of H-pyrrole nitrogens is 1. The van der Waals surface area contributed by atoms with Crippen molar-refractivity contribution >= 4 is 11.0 Å². The number of ether oxygens (including phenoxy) is 1. The average Bonchev–Trinajstić information content (AvgIpc) is 2.54. The average molecular weight is 348 g/mol. The van der Waals surface area contributed by atoms with E-state index in [1.54, 1.807) is 48.5 Å². The van der Waals surface area contributed by atoms with Crippen LogP contribution in [-0.2, 0) is 0 Å². The Kier molecular flexibility index (Phi) is 4.48. The molecule has 7 heteroatoms. The molecule has 0 aliphatic carbocycles. The summed E-state index contributed by atoms with van der Waals surface area (Å²) in [6.45, 7) is 1.83. The van der Waals surface area contributed by atoms with Gasteiger partial charge in [-0.3, -0.25) is 4.79 Å². The van der Waals surface area contributed by atoms with E-state index in [9.17, 15) is 18.0 Å². The first kappa shape index (κ1) is 17.0. The maximum absolute atomic E-state index is 12.9. The minimum Gasteiger partial charge on any atom is -0.465 e. The highest BCUT2D eigenvalue weighted by Gasteiger charge is 2.34. The fraction of sp³-hybridized carbons (Fsp3) is 0.222. The molecule has 0 amide bonds. The smallest absolute Gasteiger partial charge is 0.392 e. The fourth-order valence-electron chi connectivity index (χ4n) is 2.45. The van der Waals surface area contributed by atoms with Crippen LogP contribution in [-0.4, -0.2) is 16.1 Å². The zero-order valence-corrected chi connectivity index (χ0v) is 13.3. The number of aromatic amines is 1. The van der Waals surface area contributed by atoms with Crippen LogP contribution in [0.3, 0.4) is 0 Å². The SMILES string of the molecule is Cc1ccc(C(CC(F)(F)F)Oc2nc3ccccc3[nH]c2=O)cc1. The number of aromatic nitrogens is 2. The fourth-order valence-corrected chi connectivity index (χ4v) is 2.45. The first-order chi connectivity index (χ1) is 11.8. The van der Waals surface area contributed by atoms with E-state index in [1.807, 2.05) is 6.92 Å². The number of rotatable bonds is 4. The van der Waals surface area contributed by atoms with E-state index in [0.29, 0.717) is 16.6 Å². The van der Waals surface area contributed by atoms with Crippen LogP contribution in [0.2, 0.25) is 0 Å². The molecule has 0 spiro atoms. The second kappa shape index (κ2) is 6.58. The van der Waals surface area contributed by atoms with Crippen molar-refractivity contribution in [1.82, 2.24) is 9.97 Å². The van der Waals surface area contributed by atoms with E-state index in [1.165, 1.54) is 0 Å². The van der Waals surface area contributed by atoms with Gasteiger partial charge in [0.2, 0.25) is 0 Å². The van der Waals surface area contributed by atoms with Gasteiger partial charge >= 0.3 is 11.7 Å². The highest BCUT2D eigenvalue weighted by Crippen LogP contribution is 2.32. The molecule has 1 heterocycles. The molecule has 0 fully saturated rings. The molecule has 0 aliphatic rings. The van der Waals surface area contributed by atoms with Crippen LogP contribution in [0.4, 0.5) is 13.2 Å². The second-order valence-corrected chi connectivity index (χ2v) is 5.72. The minimum absolute atomic E-state index is 0.331. The molecule has 0 bridgehead atoms. The predicted molar refractivity (Wildman–Crippen MR) is 87.6 cm³/mol. The summed E-state index contributed by atoms with van der Waals surface area (Å²) >= 11 is 0. The monoisotopic (exact) mass is 348 g/mol. The highest BCUT2D eigenvalue weighted by molar-refractivity contribution is 5.73. The van der Waals surface area contributed by atoms with Gasteiger partial charge < -0.3 is 9.72 Å². The lowest BCUT2D eigenvalue weighted by molar-refractivity contribution is -0.151. The van der Waals surface area contributed by atoms with Crippen LogP contribution in [0.15, 0.2) is 53.3 Å². The number of para-hydroxylation sites is 2. The van der Waals surface area contributed by atoms with Gasteiger partial charge in [-0.2, -0.15) is 13.2 Å². The van der Waals surface area contributed by atoms with E-state index in [4.69, 9.17) is 4.74 Å². The van der Waals surface area contributed by atoms with Crippen LogP contribution in [0.5, 0.6) is 5.88 Å². The third kappa shape index (κ3) is 4.17. The summed E-state index contributed by atoms with van der Waals surface area (Å²) in [5.74, 6) is -0.381. The Balaban J connectivity index is 1.98. The van der Waals surface area contributed by atoms with Gasteiger partial charge in [0, 0.05) is 0 Å². The number of hydrogen-bond acceptors (Lipinski definition) is 3. The number of hydrogen-bond donors (Lipinski definition) is 1. The van der Waals surface area contributed by atoms with E-state index in [2.05, 4.69) is 9.97 Å². The van der Waals surface area contributed by atoms with E-state index < -0.39 is 24.3 Å². The van der Waals surface area contributed by atoms with Gasteiger partial charge in [0.05, 0.1) is 17.5 Å². The van der Waals surface area contributed by atoms with Gasteiger partial charge in [0.1, 0.15) is 6.10 Å². The molecular weight excluding hydrogens is 333 g/mol. The van der Waals surface area contributed by atoms with Crippen molar-refractivity contribution in [2.24, 2.45) is 0 Å². The number of fused-ring (bicyclic) bond motifs is 1. The van der Waals surface area contributed by atoms with Crippen molar-refractivity contribution < 1.29 is 17.9 Å². The summed E-state index contributed by atoms with van der Waals surface area (Å²) < 4.78 is 44.2. The Morgan fingerprint density at radius 1 is 1.12 bits per heavy atom. The number of aryl methyl sites for hydroxylation is 1. The maximum Gasteiger partial charge on any atom is 0.392 e. The summed E-state index contributed by atoms with van der Waals surface area (Å²) in [4.78, 5) is 18.7. The van der Waals surface area contributed by atoms with Crippen molar-refractivity contribution in [3.63, 3.8) is 0 Å². The van der Waals surface area contributed by atoms with Crippen LogP contribution in [0.1, 0.15) is 23.7 Å². The standard InChI is InChI=1S/C18H15F3N2O2/c1-11-6-8-12(9-7-11)15(10-18(19,20)21)25-17-16(24)22-13-4-2-3-5-14(13)23-17/h2-9,15H,10H2,1H3,(H,22,24). The molecule has 25 heavy (non-hydrogen) atoms. The van der Waals surface area contributed by atoms with Crippen molar-refractivity contribution in [3.8, 4) is 5.88 Å². The summed E-state index contributed by atoms with van der Waals surface area (Å²) in [6, 6.07) is 13.2. The third-order valence-electron chi connectivity index (χ3n) is 3.69. The summed E-state index contributed by atoms with van der Waals surface area (Å²) in [7, 11) is 0. The van der Waals surface area contributed by atoms with Crippen molar-refractivity contribution in [2.45, 2.75) is 25.6 Å². The predicted octanol–water partition coefficient (Wildman–Crippen LogP) is 4.30. The van der Waals surface area contributed by atoms with Gasteiger partial charge in [-0.1, -0.05) is 42.0 Å². The Hall–Kier alpha value is -2.83. The number of benzene rings is 2. The molecule has 130 valence electrons. The highest BCUT2D eigenvalue weighted by atomic mass is 19.4. The number of alkyl halides is 3. The number of nitrogens with one attached hydrogen (secondary N) is 1. The van der Waals surface area contributed by atoms with Crippen LogP contribution < -0.4 is 10.3 Å². The minimum atomic E-state index is -4.45. The summed E-state index contributed by atoms with van der Waals surface area (Å²) in [5, 5.41) is 0. The van der Waals surface area contributed by atoms with Gasteiger partial charge in [0.25, 0.3) is 5.88 Å². The Labute approximate surface area is 141 Å². The zero-order valence-electron chi connectivity index (χ0n) is 13.3. The lowest BCUT2D eigenvalue weighted by Crippen LogP contribution is -2.22. The van der Waals surface area contributed by atoms with Crippen LogP contribution in [0, 0.1) is 6.92 Å². The van der Waals surface area contributed by atoms with Gasteiger partial charge in [-0.25, -0.2) is 4.98 Å². The largest absolute Gasteiger partial charge is 0.465 e. The first-order valence-electron chi connectivity index (χ1n) is 7.61. The molecule has 0 aliphatic heterocycles. The molecule has 1 atom stereocenters. The number of nitrogens with zero attached hydrogens (tertiary/aromatic N) is 1. The molecule has 1 N–H and O–H groups in total. The molecule has 0 saturated heterocycles. The van der Waals surface area contributed by atoms with Crippen LogP contribution >= 0.6 is 0 Å². The second-order valence-electron chi connectivity index (χ2n) is 5.72. The first-order valence-corrected chi connectivity index (χ1v) is 7.61. The normalized spacial score (nSPS) is 13.0. The Morgan fingerprint density at radius 2 is 1.80 bits per heavy atom. The molecular formula is C18H15F3N2O2. The lowest BCUT2D eigenvalue weighted by atomic mass is 10.0.